The van der Waals surface area contributed by atoms with Gasteiger partial charge in [0.1, 0.15) is 48.8 Å². The quantitative estimate of drug-likeness (QED) is 0.0216. The number of hydrogen-bond donors (Lipinski definition) is 9. The molecule has 0 aromatic rings. The van der Waals surface area contributed by atoms with Crippen LogP contribution in [0.15, 0.2) is 24.3 Å². The Labute approximate surface area is 398 Å². The zero-order chi connectivity index (χ0) is 48.2. The third-order valence-electron chi connectivity index (χ3n) is 13.1. The first-order chi connectivity index (χ1) is 32.1. The first-order valence-corrected chi connectivity index (χ1v) is 26.6. The maximum atomic E-state index is 13.1. The molecule has 0 bridgehead atoms. The van der Waals surface area contributed by atoms with E-state index in [2.05, 4.69) is 31.3 Å². The molecule has 2 heterocycles. The van der Waals surface area contributed by atoms with E-state index >= 15 is 0 Å². The summed E-state index contributed by atoms with van der Waals surface area (Å²) in [7, 11) is 0. The van der Waals surface area contributed by atoms with Crippen molar-refractivity contribution in [2.75, 3.05) is 19.8 Å². The number of amides is 1. The van der Waals surface area contributed by atoms with Gasteiger partial charge in [-0.1, -0.05) is 192 Å². The minimum Gasteiger partial charge on any atom is -0.394 e. The summed E-state index contributed by atoms with van der Waals surface area (Å²) in [5.41, 5.74) is 0. The smallest absolute Gasteiger partial charge is 0.220 e. The van der Waals surface area contributed by atoms with Crippen LogP contribution in [0, 0.1) is 0 Å². The van der Waals surface area contributed by atoms with E-state index in [4.69, 9.17) is 18.9 Å². The van der Waals surface area contributed by atoms with Crippen molar-refractivity contribution >= 4 is 5.91 Å². The second-order valence-corrected chi connectivity index (χ2v) is 19.0. The number of rotatable bonds is 41. The summed E-state index contributed by atoms with van der Waals surface area (Å²) in [5.74, 6) is -0.249. The molecule has 14 nitrogen and oxygen atoms in total. The maximum absolute atomic E-state index is 13.1. The molecule has 388 valence electrons. The summed E-state index contributed by atoms with van der Waals surface area (Å²) >= 11 is 0. The Morgan fingerprint density at radius 1 is 0.530 bits per heavy atom. The number of nitrogens with one attached hydrogen (secondary N) is 1. The van der Waals surface area contributed by atoms with Crippen LogP contribution in [0.5, 0.6) is 0 Å². The van der Waals surface area contributed by atoms with Crippen LogP contribution in [-0.2, 0) is 23.7 Å². The summed E-state index contributed by atoms with van der Waals surface area (Å²) < 4.78 is 22.7. The second kappa shape index (κ2) is 39.2. The third-order valence-corrected chi connectivity index (χ3v) is 13.1. The molecule has 2 aliphatic rings. The van der Waals surface area contributed by atoms with Gasteiger partial charge in [0, 0.05) is 6.42 Å². The molecule has 0 saturated carbocycles. The molecule has 2 saturated heterocycles. The van der Waals surface area contributed by atoms with Gasteiger partial charge < -0.3 is 65.1 Å². The van der Waals surface area contributed by atoms with E-state index < -0.39 is 86.8 Å². The average Bonchev–Trinajstić information content (AvgIpc) is 3.31. The largest absolute Gasteiger partial charge is 0.394 e. The zero-order valence-corrected chi connectivity index (χ0v) is 41.2. The number of allylic oxidation sites excluding steroid dienone is 3. The lowest BCUT2D eigenvalue weighted by molar-refractivity contribution is -0.359. The van der Waals surface area contributed by atoms with E-state index in [1.54, 1.807) is 6.08 Å². The standard InChI is InChI=1S/C52H97NO13/c1-3-5-7-9-11-13-15-17-18-19-20-21-22-23-24-25-27-29-31-33-35-41(56)40(53-44(57)36-34-32-30-28-26-16-14-12-10-8-6-4-2)39-63-51-49(62)47(60)50(43(38-55)65-51)66-52-48(61)46(59)45(58)42(37-54)64-52/h25,27,33,35,40-43,45-52,54-56,58-62H,3-24,26,28-32,34,36-39H2,1-2H3,(H,53,57)/b27-25+,35-33+. The fourth-order valence-corrected chi connectivity index (χ4v) is 8.78. The highest BCUT2D eigenvalue weighted by atomic mass is 16.7. The topological polar surface area (TPSA) is 228 Å². The molecule has 2 aliphatic heterocycles. The van der Waals surface area contributed by atoms with E-state index in [-0.39, 0.29) is 18.9 Å². The van der Waals surface area contributed by atoms with Gasteiger partial charge in [-0.25, -0.2) is 0 Å². The van der Waals surface area contributed by atoms with Crippen molar-refractivity contribution in [1.29, 1.82) is 0 Å². The van der Waals surface area contributed by atoms with Gasteiger partial charge in [-0.15, -0.1) is 0 Å². The fraction of sp³-hybridized carbons (Fsp3) is 0.904. The van der Waals surface area contributed by atoms with Crippen LogP contribution in [0.25, 0.3) is 0 Å². The molecule has 0 aromatic heterocycles. The van der Waals surface area contributed by atoms with Crippen LogP contribution < -0.4 is 5.32 Å². The molecule has 0 radical (unpaired) electrons. The van der Waals surface area contributed by atoms with Gasteiger partial charge in [-0.05, 0) is 32.1 Å². The maximum Gasteiger partial charge on any atom is 0.220 e. The van der Waals surface area contributed by atoms with Crippen molar-refractivity contribution in [3.8, 4) is 0 Å². The zero-order valence-electron chi connectivity index (χ0n) is 41.2. The van der Waals surface area contributed by atoms with Gasteiger partial charge in [-0.2, -0.15) is 0 Å². The van der Waals surface area contributed by atoms with Crippen molar-refractivity contribution in [1.82, 2.24) is 5.32 Å². The van der Waals surface area contributed by atoms with Crippen LogP contribution in [0.3, 0.4) is 0 Å². The van der Waals surface area contributed by atoms with E-state index in [0.29, 0.717) is 12.8 Å². The number of carbonyl (C=O) groups is 1. The van der Waals surface area contributed by atoms with Crippen LogP contribution in [0.1, 0.15) is 206 Å². The highest BCUT2D eigenvalue weighted by molar-refractivity contribution is 5.76. The summed E-state index contributed by atoms with van der Waals surface area (Å²) in [6.07, 6.45) is 26.5. The van der Waals surface area contributed by atoms with E-state index in [1.807, 2.05) is 6.08 Å². The SMILES string of the molecule is CCCCCCCCCCCCCCCC/C=C/CC/C=C/C(O)C(COC1OC(CO)C(OC2OC(CO)C(O)C(O)C2O)C(O)C1O)NC(=O)CCCCCCCCCCCCCC. The lowest BCUT2D eigenvalue weighted by Gasteiger charge is -2.46. The Bertz CT molecular complexity index is 1210. The van der Waals surface area contributed by atoms with Crippen molar-refractivity contribution in [3.63, 3.8) is 0 Å². The Hall–Kier alpha value is -1.53. The molecule has 2 fully saturated rings. The second-order valence-electron chi connectivity index (χ2n) is 19.0. The molecule has 2 rings (SSSR count). The minimum atomic E-state index is -1.79. The number of aliphatic hydroxyl groups is 8. The molecule has 0 spiro atoms. The number of unbranched alkanes of at least 4 members (excludes halogenated alkanes) is 26. The Balaban J connectivity index is 1.83. The summed E-state index contributed by atoms with van der Waals surface area (Å²) in [5, 5.41) is 86.7. The van der Waals surface area contributed by atoms with Crippen LogP contribution in [0.4, 0.5) is 0 Å². The Morgan fingerprint density at radius 3 is 1.48 bits per heavy atom. The van der Waals surface area contributed by atoms with E-state index in [1.165, 1.54) is 141 Å². The summed E-state index contributed by atoms with van der Waals surface area (Å²) in [6.45, 7) is 2.77. The average molecular weight is 944 g/mol. The highest BCUT2D eigenvalue weighted by Crippen LogP contribution is 2.30. The first kappa shape index (κ1) is 60.6. The van der Waals surface area contributed by atoms with Gasteiger partial charge in [-0.3, -0.25) is 4.79 Å². The Kier molecular flexibility index (Phi) is 36.0. The van der Waals surface area contributed by atoms with Crippen molar-refractivity contribution in [2.24, 2.45) is 0 Å². The minimum absolute atomic E-state index is 0.249. The van der Waals surface area contributed by atoms with Gasteiger partial charge >= 0.3 is 0 Å². The first-order valence-electron chi connectivity index (χ1n) is 26.6. The molecular weight excluding hydrogens is 847 g/mol. The van der Waals surface area contributed by atoms with Gasteiger partial charge in [0.15, 0.2) is 12.6 Å². The van der Waals surface area contributed by atoms with E-state index in [0.717, 1.165) is 32.1 Å². The van der Waals surface area contributed by atoms with E-state index in [9.17, 15) is 45.6 Å². The third kappa shape index (κ3) is 25.9. The predicted molar refractivity (Wildman–Crippen MR) is 258 cm³/mol. The van der Waals surface area contributed by atoms with Gasteiger partial charge in [0.25, 0.3) is 0 Å². The molecule has 0 aromatic carbocycles. The number of aliphatic hydroxyl groups excluding tert-OH is 8. The lowest BCUT2D eigenvalue weighted by atomic mass is 9.97. The van der Waals surface area contributed by atoms with Gasteiger partial charge in [0.05, 0.1) is 32.0 Å². The predicted octanol–water partition coefficient (Wildman–Crippen LogP) is 7.33. The Morgan fingerprint density at radius 2 is 0.970 bits per heavy atom. The molecule has 12 atom stereocenters. The number of ether oxygens (including phenoxy) is 4. The summed E-state index contributed by atoms with van der Waals surface area (Å²) in [4.78, 5) is 13.1. The molecule has 9 N–H and O–H groups in total. The summed E-state index contributed by atoms with van der Waals surface area (Å²) in [6, 6.07) is -0.925. The van der Waals surface area contributed by atoms with Crippen LogP contribution in [-0.4, -0.2) is 140 Å². The molecule has 1 amide bonds. The van der Waals surface area contributed by atoms with Crippen LogP contribution >= 0.6 is 0 Å². The van der Waals surface area contributed by atoms with Gasteiger partial charge in [0.2, 0.25) is 5.91 Å². The fourth-order valence-electron chi connectivity index (χ4n) is 8.78. The normalized spacial score (nSPS) is 26.9. The van der Waals surface area contributed by atoms with Crippen molar-refractivity contribution in [3.05, 3.63) is 24.3 Å². The molecular formula is C52H97NO13. The van der Waals surface area contributed by atoms with Crippen LogP contribution in [0.2, 0.25) is 0 Å². The monoisotopic (exact) mass is 944 g/mol. The van der Waals surface area contributed by atoms with Crippen molar-refractivity contribution in [2.45, 2.75) is 280 Å². The number of carbonyl (C=O) groups excluding carboxylic acids is 1. The number of hydrogen-bond acceptors (Lipinski definition) is 13. The van der Waals surface area contributed by atoms with Crippen molar-refractivity contribution < 1.29 is 64.6 Å². The molecule has 14 heteroatoms. The molecule has 0 aliphatic carbocycles. The molecule has 66 heavy (non-hydrogen) atoms. The highest BCUT2D eigenvalue weighted by Gasteiger charge is 2.51. The lowest BCUT2D eigenvalue weighted by Crippen LogP contribution is -2.65. The molecule has 12 unspecified atom stereocenters.